The van der Waals surface area contributed by atoms with Crippen molar-refractivity contribution < 1.29 is 4.79 Å². The molecule has 2 aliphatic heterocycles. The topological polar surface area (TPSA) is 35.9 Å². The Morgan fingerprint density at radius 3 is 2.29 bits per heavy atom. The lowest BCUT2D eigenvalue weighted by molar-refractivity contribution is -0.125. The Kier molecular flexibility index (Phi) is 4.63. The summed E-state index contributed by atoms with van der Waals surface area (Å²) in [6.45, 7) is 1.55. The van der Waals surface area contributed by atoms with Crippen LogP contribution in [0.15, 0.2) is 65.8 Å². The zero-order valence-corrected chi connectivity index (χ0v) is 16.2. The normalized spacial score (nSPS) is 25.1. The SMILES string of the molecule is O=C1C2=NN(Cc3ccccc3)[C@@H](c3ccccc3)[C@H]2CN1C1CCCCC1. The van der Waals surface area contributed by atoms with Gasteiger partial charge in [0.15, 0.2) is 0 Å². The molecule has 1 saturated carbocycles. The van der Waals surface area contributed by atoms with Gasteiger partial charge in [-0.05, 0) is 24.0 Å². The van der Waals surface area contributed by atoms with Gasteiger partial charge in [0.1, 0.15) is 5.71 Å². The number of benzene rings is 2. The first-order valence-electron chi connectivity index (χ1n) is 10.6. The van der Waals surface area contributed by atoms with E-state index in [0.29, 0.717) is 6.04 Å². The van der Waals surface area contributed by atoms with Crippen LogP contribution in [0.25, 0.3) is 0 Å². The van der Waals surface area contributed by atoms with Crippen molar-refractivity contribution in [1.29, 1.82) is 0 Å². The minimum absolute atomic E-state index is 0.133. The summed E-state index contributed by atoms with van der Waals surface area (Å²) in [6.07, 6.45) is 6.09. The summed E-state index contributed by atoms with van der Waals surface area (Å²) in [5, 5.41) is 7.03. The Labute approximate surface area is 166 Å². The van der Waals surface area contributed by atoms with Crippen molar-refractivity contribution in [2.75, 3.05) is 6.54 Å². The minimum atomic E-state index is 0.133. The molecule has 0 spiro atoms. The van der Waals surface area contributed by atoms with E-state index in [4.69, 9.17) is 5.10 Å². The lowest BCUT2D eigenvalue weighted by Gasteiger charge is -2.33. The van der Waals surface area contributed by atoms with Crippen molar-refractivity contribution in [3.8, 4) is 0 Å². The summed E-state index contributed by atoms with van der Waals surface area (Å²) in [6, 6.07) is 21.5. The summed E-state index contributed by atoms with van der Waals surface area (Å²) in [5.41, 5.74) is 3.25. The number of fused-ring (bicyclic) bond motifs is 1. The van der Waals surface area contributed by atoms with Crippen molar-refractivity contribution in [2.24, 2.45) is 11.0 Å². The van der Waals surface area contributed by atoms with E-state index < -0.39 is 0 Å². The molecule has 0 bridgehead atoms. The number of rotatable bonds is 4. The minimum Gasteiger partial charge on any atom is -0.334 e. The highest BCUT2D eigenvalue weighted by Crippen LogP contribution is 2.42. The molecule has 2 heterocycles. The molecule has 0 unspecified atom stereocenters. The van der Waals surface area contributed by atoms with Crippen LogP contribution in [-0.2, 0) is 11.3 Å². The van der Waals surface area contributed by atoms with Gasteiger partial charge < -0.3 is 4.90 Å². The average molecular weight is 374 g/mol. The van der Waals surface area contributed by atoms with Crippen molar-refractivity contribution in [2.45, 2.75) is 50.7 Å². The van der Waals surface area contributed by atoms with Crippen LogP contribution in [0.1, 0.15) is 49.3 Å². The molecule has 1 aliphatic carbocycles. The van der Waals surface area contributed by atoms with E-state index in [-0.39, 0.29) is 17.9 Å². The summed E-state index contributed by atoms with van der Waals surface area (Å²) < 4.78 is 0. The van der Waals surface area contributed by atoms with E-state index in [9.17, 15) is 4.79 Å². The van der Waals surface area contributed by atoms with Crippen LogP contribution in [-0.4, -0.2) is 34.1 Å². The van der Waals surface area contributed by atoms with E-state index in [2.05, 4.69) is 64.5 Å². The second kappa shape index (κ2) is 7.42. The molecule has 3 aliphatic rings. The summed E-state index contributed by atoms with van der Waals surface area (Å²) in [4.78, 5) is 15.4. The van der Waals surface area contributed by atoms with Crippen LogP contribution in [0.4, 0.5) is 0 Å². The third-order valence-corrected chi connectivity index (χ3v) is 6.51. The van der Waals surface area contributed by atoms with Crippen LogP contribution >= 0.6 is 0 Å². The first kappa shape index (κ1) is 17.5. The van der Waals surface area contributed by atoms with E-state index in [1.165, 1.54) is 30.4 Å². The summed E-state index contributed by atoms with van der Waals surface area (Å²) in [7, 11) is 0. The average Bonchev–Trinajstić information content (AvgIpc) is 3.26. The highest BCUT2D eigenvalue weighted by Gasteiger charge is 2.50. The van der Waals surface area contributed by atoms with Gasteiger partial charge in [0.25, 0.3) is 5.91 Å². The number of nitrogens with zero attached hydrogens (tertiary/aromatic N) is 3. The molecule has 28 heavy (non-hydrogen) atoms. The van der Waals surface area contributed by atoms with Gasteiger partial charge in [0, 0.05) is 12.6 Å². The molecule has 5 rings (SSSR count). The predicted octanol–water partition coefficient (Wildman–Crippen LogP) is 4.39. The van der Waals surface area contributed by atoms with Gasteiger partial charge in [-0.1, -0.05) is 79.9 Å². The van der Waals surface area contributed by atoms with Gasteiger partial charge in [-0.2, -0.15) is 5.10 Å². The first-order valence-corrected chi connectivity index (χ1v) is 10.6. The largest absolute Gasteiger partial charge is 0.334 e. The van der Waals surface area contributed by atoms with E-state index in [0.717, 1.165) is 31.6 Å². The molecule has 4 heteroatoms. The van der Waals surface area contributed by atoms with Crippen LogP contribution in [0.5, 0.6) is 0 Å². The smallest absolute Gasteiger partial charge is 0.270 e. The molecule has 0 radical (unpaired) electrons. The first-order chi connectivity index (χ1) is 13.8. The van der Waals surface area contributed by atoms with E-state index >= 15 is 0 Å². The van der Waals surface area contributed by atoms with Crippen molar-refractivity contribution in [1.82, 2.24) is 9.91 Å². The van der Waals surface area contributed by atoms with Crippen molar-refractivity contribution in [3.63, 3.8) is 0 Å². The van der Waals surface area contributed by atoms with E-state index in [1.807, 2.05) is 6.07 Å². The molecular weight excluding hydrogens is 346 g/mol. The molecule has 0 N–H and O–H groups in total. The monoisotopic (exact) mass is 373 g/mol. The summed E-state index contributed by atoms with van der Waals surface area (Å²) in [5.74, 6) is 0.342. The second-order valence-corrected chi connectivity index (χ2v) is 8.28. The fourth-order valence-electron chi connectivity index (χ4n) is 5.13. The third kappa shape index (κ3) is 3.11. The highest BCUT2D eigenvalue weighted by molar-refractivity contribution is 6.42. The van der Waals surface area contributed by atoms with Gasteiger partial charge in [-0.3, -0.25) is 9.80 Å². The lowest BCUT2D eigenvalue weighted by Crippen LogP contribution is -2.40. The highest BCUT2D eigenvalue weighted by atomic mass is 16.2. The molecule has 144 valence electrons. The number of hydrogen-bond donors (Lipinski definition) is 0. The Hall–Kier alpha value is -2.62. The molecule has 4 nitrogen and oxygen atoms in total. The van der Waals surface area contributed by atoms with Crippen LogP contribution in [0.2, 0.25) is 0 Å². The van der Waals surface area contributed by atoms with Gasteiger partial charge in [-0.15, -0.1) is 0 Å². The van der Waals surface area contributed by atoms with Crippen molar-refractivity contribution in [3.05, 3.63) is 71.8 Å². The standard InChI is InChI=1S/C24H27N3O/c28-24-22-21(17-26(24)20-14-8-3-9-15-20)23(19-12-6-2-7-13-19)27(25-22)16-18-10-4-1-5-11-18/h1-2,4-7,10-13,20-21,23H,3,8-9,14-17H2/t21-,23-/m0/s1. The fraction of sp³-hybridized carbons (Fsp3) is 0.417. The Balaban J connectivity index is 1.46. The van der Waals surface area contributed by atoms with Crippen LogP contribution in [0.3, 0.4) is 0 Å². The maximum atomic E-state index is 13.2. The predicted molar refractivity (Wildman–Crippen MR) is 111 cm³/mol. The molecule has 2 aromatic carbocycles. The number of likely N-dealkylation sites (tertiary alicyclic amines) is 1. The number of amides is 1. The fourth-order valence-corrected chi connectivity index (χ4v) is 5.13. The maximum Gasteiger partial charge on any atom is 0.270 e. The molecule has 1 amide bonds. The molecular formula is C24H27N3O. The van der Waals surface area contributed by atoms with E-state index in [1.54, 1.807) is 0 Å². The third-order valence-electron chi connectivity index (χ3n) is 6.51. The van der Waals surface area contributed by atoms with Gasteiger partial charge in [0.2, 0.25) is 0 Å². The molecule has 2 fully saturated rings. The summed E-state index contributed by atoms with van der Waals surface area (Å²) >= 11 is 0. The van der Waals surface area contributed by atoms with Gasteiger partial charge in [-0.25, -0.2) is 0 Å². The molecule has 0 aromatic heterocycles. The quantitative estimate of drug-likeness (QED) is 0.797. The molecule has 2 atom stereocenters. The Bertz CT molecular complexity index is 858. The second-order valence-electron chi connectivity index (χ2n) is 8.28. The Morgan fingerprint density at radius 1 is 0.893 bits per heavy atom. The number of carbonyl (C=O) groups is 1. The maximum absolute atomic E-state index is 13.2. The molecule has 1 saturated heterocycles. The van der Waals surface area contributed by atoms with Gasteiger partial charge >= 0.3 is 0 Å². The zero-order valence-electron chi connectivity index (χ0n) is 16.2. The number of hydrogen-bond acceptors (Lipinski definition) is 3. The zero-order chi connectivity index (χ0) is 18.9. The van der Waals surface area contributed by atoms with Gasteiger partial charge in [0.05, 0.1) is 18.5 Å². The number of hydrazone groups is 1. The van der Waals surface area contributed by atoms with Crippen LogP contribution < -0.4 is 0 Å². The number of carbonyl (C=O) groups excluding carboxylic acids is 1. The van der Waals surface area contributed by atoms with Crippen molar-refractivity contribution >= 4 is 11.6 Å². The lowest BCUT2D eigenvalue weighted by atomic mass is 9.91. The molecule has 2 aromatic rings. The Morgan fingerprint density at radius 2 is 1.57 bits per heavy atom. The van der Waals surface area contributed by atoms with Crippen LogP contribution in [0, 0.1) is 5.92 Å².